The van der Waals surface area contributed by atoms with Crippen molar-refractivity contribution in [3.63, 3.8) is 0 Å². The molecule has 0 saturated heterocycles. The maximum absolute atomic E-state index is 11.4. The Morgan fingerprint density at radius 3 is 2.71 bits per heavy atom. The Bertz CT molecular complexity index is 475. The first-order valence-electron chi connectivity index (χ1n) is 6.89. The fourth-order valence-electron chi connectivity index (χ4n) is 1.62. The van der Waals surface area contributed by atoms with Gasteiger partial charge in [0.1, 0.15) is 5.60 Å². The number of hydrogen-bond donors (Lipinski definition) is 2. The fourth-order valence-corrected chi connectivity index (χ4v) is 2.21. The lowest BCUT2D eigenvalue weighted by atomic mass is 10.2. The number of rotatable bonds is 6. The molecule has 0 spiro atoms. The van der Waals surface area contributed by atoms with Gasteiger partial charge in [0.15, 0.2) is 0 Å². The molecule has 1 rings (SSSR count). The molecular weight excluding hydrogens is 356 g/mol. The molecule has 0 radical (unpaired) electrons. The molecule has 1 amide bonds. The number of carbonyl (C=O) groups excluding carboxylic acids is 1. The largest absolute Gasteiger partial charge is 0.444 e. The predicted molar refractivity (Wildman–Crippen MR) is 89.7 cm³/mol. The summed E-state index contributed by atoms with van der Waals surface area (Å²) in [4.78, 5) is 11.4. The first-order chi connectivity index (χ1) is 9.78. The molecule has 2 N–H and O–H groups in total. The van der Waals surface area contributed by atoms with E-state index in [-0.39, 0.29) is 6.09 Å². The maximum atomic E-state index is 11.4. The molecule has 0 bridgehead atoms. The standard InChI is InChI=1S/C15H22BrClN2O2/c1-15(2,3)21-14(20)19-8-4-7-18-10-11-9-12(16)5-6-13(11)17/h5-6,9,18H,4,7-8,10H2,1-3H3,(H,19,20). The minimum atomic E-state index is -0.459. The van der Waals surface area contributed by atoms with Gasteiger partial charge in [0.2, 0.25) is 0 Å². The van der Waals surface area contributed by atoms with Crippen LogP contribution >= 0.6 is 27.5 Å². The number of benzene rings is 1. The monoisotopic (exact) mass is 376 g/mol. The summed E-state index contributed by atoms with van der Waals surface area (Å²) in [7, 11) is 0. The first kappa shape index (κ1) is 18.3. The molecule has 118 valence electrons. The molecule has 1 aromatic rings. The van der Waals surface area contributed by atoms with Crippen molar-refractivity contribution in [1.29, 1.82) is 0 Å². The van der Waals surface area contributed by atoms with Crippen LogP contribution in [0.5, 0.6) is 0 Å². The number of hydrogen-bond acceptors (Lipinski definition) is 3. The van der Waals surface area contributed by atoms with Crippen LogP contribution in [0.2, 0.25) is 5.02 Å². The summed E-state index contributed by atoms with van der Waals surface area (Å²) in [5, 5.41) is 6.77. The quantitative estimate of drug-likeness (QED) is 0.734. The molecule has 1 aromatic carbocycles. The zero-order chi connectivity index (χ0) is 15.9. The van der Waals surface area contributed by atoms with Crippen LogP contribution in [0, 0.1) is 0 Å². The van der Waals surface area contributed by atoms with Crippen molar-refractivity contribution < 1.29 is 9.53 Å². The van der Waals surface area contributed by atoms with Crippen molar-refractivity contribution in [2.45, 2.75) is 39.3 Å². The van der Waals surface area contributed by atoms with Crippen molar-refractivity contribution in [3.05, 3.63) is 33.3 Å². The summed E-state index contributed by atoms with van der Waals surface area (Å²) < 4.78 is 6.16. The molecule has 0 atom stereocenters. The van der Waals surface area contributed by atoms with Gasteiger partial charge in [-0.3, -0.25) is 0 Å². The summed E-state index contributed by atoms with van der Waals surface area (Å²) >= 11 is 9.53. The zero-order valence-corrected chi connectivity index (χ0v) is 15.0. The SMILES string of the molecule is CC(C)(C)OC(=O)NCCCNCc1cc(Br)ccc1Cl. The van der Waals surface area contributed by atoms with E-state index < -0.39 is 5.60 Å². The molecule has 4 nitrogen and oxygen atoms in total. The van der Waals surface area contributed by atoms with Crippen molar-refractivity contribution in [2.24, 2.45) is 0 Å². The van der Waals surface area contributed by atoms with E-state index in [4.69, 9.17) is 16.3 Å². The molecule has 21 heavy (non-hydrogen) atoms. The van der Waals surface area contributed by atoms with Gasteiger partial charge < -0.3 is 15.4 Å². The average Bonchev–Trinajstić information content (AvgIpc) is 2.35. The Morgan fingerprint density at radius 1 is 1.33 bits per heavy atom. The number of halogens is 2. The molecule has 6 heteroatoms. The van der Waals surface area contributed by atoms with Gasteiger partial charge in [-0.25, -0.2) is 4.79 Å². The average molecular weight is 378 g/mol. The van der Waals surface area contributed by atoms with Crippen LogP contribution in [-0.4, -0.2) is 24.8 Å². The number of carbonyl (C=O) groups is 1. The molecule has 0 heterocycles. The number of ether oxygens (including phenoxy) is 1. The molecule has 0 saturated carbocycles. The summed E-state index contributed by atoms with van der Waals surface area (Å²) in [5.74, 6) is 0. The van der Waals surface area contributed by atoms with Crippen LogP contribution in [0.3, 0.4) is 0 Å². The van der Waals surface area contributed by atoms with Crippen LogP contribution < -0.4 is 10.6 Å². The summed E-state index contributed by atoms with van der Waals surface area (Å²) in [6, 6.07) is 5.78. The Labute approximate surface area is 139 Å². The summed E-state index contributed by atoms with van der Waals surface area (Å²) in [6.07, 6.45) is 0.447. The van der Waals surface area contributed by atoms with Crippen LogP contribution in [-0.2, 0) is 11.3 Å². The van der Waals surface area contributed by atoms with Crippen LogP contribution in [0.15, 0.2) is 22.7 Å². The van der Waals surface area contributed by atoms with E-state index >= 15 is 0 Å². The van der Waals surface area contributed by atoms with Crippen molar-refractivity contribution in [2.75, 3.05) is 13.1 Å². The van der Waals surface area contributed by atoms with Gasteiger partial charge in [0.05, 0.1) is 0 Å². The van der Waals surface area contributed by atoms with E-state index in [0.29, 0.717) is 13.1 Å². The van der Waals surface area contributed by atoms with Gasteiger partial charge in [-0.05, 0) is 57.5 Å². The number of amides is 1. The Kier molecular flexibility index (Phi) is 7.49. The second-order valence-electron chi connectivity index (χ2n) is 5.69. The van der Waals surface area contributed by atoms with E-state index in [0.717, 1.165) is 28.0 Å². The normalized spacial score (nSPS) is 11.3. The number of nitrogens with one attached hydrogen (secondary N) is 2. The van der Waals surface area contributed by atoms with E-state index in [9.17, 15) is 4.79 Å². The van der Waals surface area contributed by atoms with E-state index in [1.165, 1.54) is 0 Å². The highest BCUT2D eigenvalue weighted by molar-refractivity contribution is 9.10. The van der Waals surface area contributed by atoms with E-state index in [2.05, 4.69) is 26.6 Å². The Hall–Kier alpha value is -0.780. The molecule has 0 aromatic heterocycles. The van der Waals surface area contributed by atoms with Gasteiger partial charge in [-0.2, -0.15) is 0 Å². The third-order valence-corrected chi connectivity index (χ3v) is 3.38. The Morgan fingerprint density at radius 2 is 2.05 bits per heavy atom. The molecule has 0 aliphatic rings. The molecular formula is C15H22BrClN2O2. The molecule has 0 fully saturated rings. The minimum Gasteiger partial charge on any atom is -0.444 e. The van der Waals surface area contributed by atoms with Crippen molar-refractivity contribution in [3.8, 4) is 0 Å². The zero-order valence-electron chi connectivity index (χ0n) is 12.6. The maximum Gasteiger partial charge on any atom is 0.407 e. The van der Waals surface area contributed by atoms with Crippen molar-refractivity contribution >= 4 is 33.6 Å². The van der Waals surface area contributed by atoms with Crippen LogP contribution in [0.1, 0.15) is 32.8 Å². The predicted octanol–water partition coefficient (Wildman–Crippen LogP) is 4.11. The third kappa shape index (κ3) is 8.29. The highest BCUT2D eigenvalue weighted by atomic mass is 79.9. The smallest absolute Gasteiger partial charge is 0.407 e. The highest BCUT2D eigenvalue weighted by Gasteiger charge is 2.15. The van der Waals surface area contributed by atoms with Crippen LogP contribution in [0.25, 0.3) is 0 Å². The van der Waals surface area contributed by atoms with Gasteiger partial charge in [0.25, 0.3) is 0 Å². The van der Waals surface area contributed by atoms with E-state index in [1.807, 2.05) is 39.0 Å². The topological polar surface area (TPSA) is 50.4 Å². The van der Waals surface area contributed by atoms with Gasteiger partial charge in [-0.1, -0.05) is 27.5 Å². The highest BCUT2D eigenvalue weighted by Crippen LogP contribution is 2.20. The second kappa shape index (κ2) is 8.61. The van der Waals surface area contributed by atoms with Gasteiger partial charge in [-0.15, -0.1) is 0 Å². The molecule has 0 unspecified atom stereocenters. The lowest BCUT2D eigenvalue weighted by Crippen LogP contribution is -2.33. The summed E-state index contributed by atoms with van der Waals surface area (Å²) in [6.45, 7) is 7.60. The van der Waals surface area contributed by atoms with Crippen LogP contribution in [0.4, 0.5) is 4.79 Å². The molecule has 0 aliphatic heterocycles. The second-order valence-corrected chi connectivity index (χ2v) is 7.02. The minimum absolute atomic E-state index is 0.377. The van der Waals surface area contributed by atoms with Gasteiger partial charge in [0, 0.05) is 22.6 Å². The van der Waals surface area contributed by atoms with E-state index in [1.54, 1.807) is 0 Å². The lowest BCUT2D eigenvalue weighted by Gasteiger charge is -2.19. The molecule has 0 aliphatic carbocycles. The third-order valence-electron chi connectivity index (χ3n) is 2.52. The fraction of sp³-hybridized carbons (Fsp3) is 0.533. The lowest BCUT2D eigenvalue weighted by molar-refractivity contribution is 0.0527. The first-order valence-corrected chi connectivity index (χ1v) is 8.06. The Balaban J connectivity index is 2.15. The summed E-state index contributed by atoms with van der Waals surface area (Å²) in [5.41, 5.74) is 0.589. The van der Waals surface area contributed by atoms with Gasteiger partial charge >= 0.3 is 6.09 Å². The van der Waals surface area contributed by atoms with Crippen molar-refractivity contribution in [1.82, 2.24) is 10.6 Å². The number of alkyl carbamates (subject to hydrolysis) is 1.